The molecule has 0 saturated carbocycles. The Kier molecular flexibility index (Phi) is 3.26. The molecule has 2 rings (SSSR count). The van der Waals surface area contributed by atoms with Crippen LogP contribution in [0.3, 0.4) is 0 Å². The van der Waals surface area contributed by atoms with Crippen molar-refractivity contribution >= 4 is 29.0 Å². The van der Waals surface area contributed by atoms with Crippen molar-refractivity contribution in [3.05, 3.63) is 38.7 Å². The van der Waals surface area contributed by atoms with E-state index in [-0.39, 0.29) is 5.78 Å². The van der Waals surface area contributed by atoms with Gasteiger partial charge in [-0.3, -0.25) is 4.79 Å². The molecule has 1 aromatic carbocycles. The van der Waals surface area contributed by atoms with Gasteiger partial charge in [0.1, 0.15) is 0 Å². The van der Waals surface area contributed by atoms with Gasteiger partial charge in [-0.2, -0.15) is 0 Å². The van der Waals surface area contributed by atoms with Crippen molar-refractivity contribution < 1.29 is 9.55 Å². The topological polar surface area (TPSA) is 37.1 Å². The highest BCUT2D eigenvalue weighted by Crippen LogP contribution is 2.24. The van der Waals surface area contributed by atoms with Gasteiger partial charge < -0.3 is 0 Å². The van der Waals surface area contributed by atoms with Crippen molar-refractivity contribution in [3.63, 3.8) is 0 Å². The van der Waals surface area contributed by atoms with Gasteiger partial charge in [-0.05, 0) is 17.7 Å². The number of nitrogens with zero attached hydrogens (tertiary/aromatic N) is 1. The lowest BCUT2D eigenvalue weighted by atomic mass is 10.0. The minimum Gasteiger partial charge on any atom is -0.292 e. The summed E-state index contributed by atoms with van der Waals surface area (Å²) in [4.78, 5) is 22.8. The maximum Gasteiger partial charge on any atom is 0.262 e. The van der Waals surface area contributed by atoms with Crippen LogP contribution in [0.5, 0.6) is 0 Å². The van der Waals surface area contributed by atoms with Crippen LogP contribution in [0.2, 0.25) is 10.0 Å². The molecule has 1 unspecified atom stereocenters. The molecule has 0 N–H and O–H groups in total. The van der Waals surface area contributed by atoms with Crippen LogP contribution in [0, 0.1) is 4.91 Å². The monoisotopic (exact) mass is 258 g/mol. The maximum absolute atomic E-state index is 11.4. The number of carbonyl (C=O) groups excluding carboxylic acids is 1. The zero-order chi connectivity index (χ0) is 11.7. The van der Waals surface area contributed by atoms with Gasteiger partial charge in [-0.1, -0.05) is 29.3 Å². The van der Waals surface area contributed by atoms with Crippen molar-refractivity contribution in [2.24, 2.45) is 0 Å². The standard InChI is InChI=1S/C11H10Cl2NO2/c12-8-2-1-7(5-9(8)13)6-10-11(15)3-4-14(10)16/h1-2,5,10H,3-4,6H2/q+1. The number of hydrogen-bond acceptors (Lipinski definition) is 2. The van der Waals surface area contributed by atoms with Gasteiger partial charge in [-0.15, -0.1) is 0 Å². The molecular weight excluding hydrogens is 249 g/mol. The Bertz CT molecular complexity index is 443. The molecule has 3 nitrogen and oxygen atoms in total. The first-order valence-corrected chi connectivity index (χ1v) is 5.74. The number of benzene rings is 1. The summed E-state index contributed by atoms with van der Waals surface area (Å²) in [5, 5.41) is 0.921. The molecule has 1 fully saturated rings. The van der Waals surface area contributed by atoms with Crippen molar-refractivity contribution in [1.82, 2.24) is 0 Å². The third kappa shape index (κ3) is 2.25. The average Bonchev–Trinajstić information content (AvgIpc) is 2.55. The van der Waals surface area contributed by atoms with Gasteiger partial charge in [0.05, 0.1) is 16.5 Å². The third-order valence-corrected chi connectivity index (χ3v) is 3.45. The van der Waals surface area contributed by atoms with Gasteiger partial charge in [0.25, 0.3) is 6.04 Å². The van der Waals surface area contributed by atoms with E-state index in [0.29, 0.717) is 29.4 Å². The zero-order valence-electron chi connectivity index (χ0n) is 8.45. The molecule has 16 heavy (non-hydrogen) atoms. The summed E-state index contributed by atoms with van der Waals surface area (Å²) in [6.07, 6.45) is 0.745. The minimum absolute atomic E-state index is 0.000993. The lowest BCUT2D eigenvalue weighted by molar-refractivity contribution is -0.557. The predicted octanol–water partition coefficient (Wildman–Crippen LogP) is 2.66. The molecule has 84 valence electrons. The number of Topliss-reactive ketones (excluding diaryl/α,β-unsaturated/α-hetero) is 1. The normalized spacial score (nSPS) is 20.5. The van der Waals surface area contributed by atoms with Gasteiger partial charge in [0.15, 0.2) is 6.54 Å². The van der Waals surface area contributed by atoms with Crippen LogP contribution >= 0.6 is 23.2 Å². The molecule has 0 radical (unpaired) electrons. The van der Waals surface area contributed by atoms with Crippen LogP contribution in [0.25, 0.3) is 0 Å². The Morgan fingerprint density at radius 1 is 1.31 bits per heavy atom. The molecule has 1 aliphatic rings. The lowest BCUT2D eigenvalue weighted by Gasteiger charge is -2.03. The maximum atomic E-state index is 11.4. The van der Waals surface area contributed by atoms with E-state index in [2.05, 4.69) is 0 Å². The molecule has 5 heteroatoms. The second-order valence-corrected chi connectivity index (χ2v) is 4.64. The molecule has 0 amide bonds. The smallest absolute Gasteiger partial charge is 0.262 e. The fourth-order valence-corrected chi connectivity index (χ4v) is 2.13. The fraction of sp³-hybridized carbons (Fsp3) is 0.364. The van der Waals surface area contributed by atoms with E-state index >= 15 is 0 Å². The van der Waals surface area contributed by atoms with Crippen LogP contribution in [0.1, 0.15) is 12.0 Å². The highest BCUT2D eigenvalue weighted by molar-refractivity contribution is 6.42. The zero-order valence-corrected chi connectivity index (χ0v) is 9.96. The van der Waals surface area contributed by atoms with Gasteiger partial charge in [0, 0.05) is 16.1 Å². The molecule has 0 spiro atoms. The van der Waals surface area contributed by atoms with Gasteiger partial charge in [-0.25, -0.2) is 0 Å². The average molecular weight is 259 g/mol. The van der Waals surface area contributed by atoms with E-state index in [1.54, 1.807) is 18.2 Å². The number of carbonyl (C=O) groups is 1. The SMILES string of the molecule is O=C1CC[N+](=O)C1Cc1ccc(Cl)c(Cl)c1. The van der Waals surface area contributed by atoms with Gasteiger partial charge >= 0.3 is 0 Å². The fourth-order valence-electron chi connectivity index (χ4n) is 1.81. The summed E-state index contributed by atoms with van der Waals surface area (Å²) in [5.74, 6) is 0.000993. The summed E-state index contributed by atoms with van der Waals surface area (Å²) in [5.41, 5.74) is 0.857. The number of rotatable bonds is 2. The Balaban J connectivity index is 2.17. The molecule has 0 aliphatic carbocycles. The number of nitroso groups, excluding NO2 is 1. The minimum atomic E-state index is -0.558. The third-order valence-electron chi connectivity index (χ3n) is 2.71. The number of hydrogen-bond donors (Lipinski definition) is 0. The first kappa shape index (κ1) is 11.6. The van der Waals surface area contributed by atoms with E-state index in [1.165, 1.54) is 0 Å². The Labute approximate surface area is 103 Å². The van der Waals surface area contributed by atoms with Crippen molar-refractivity contribution in [2.75, 3.05) is 6.54 Å². The second kappa shape index (κ2) is 4.52. The quantitative estimate of drug-likeness (QED) is 0.765. The van der Waals surface area contributed by atoms with Crippen LogP contribution in [-0.2, 0) is 11.2 Å². The first-order chi connectivity index (χ1) is 7.58. The molecule has 1 aromatic rings. The molecule has 1 aliphatic heterocycles. The largest absolute Gasteiger partial charge is 0.292 e. The second-order valence-electron chi connectivity index (χ2n) is 3.83. The van der Waals surface area contributed by atoms with Crippen molar-refractivity contribution in [3.8, 4) is 0 Å². The summed E-state index contributed by atoms with van der Waals surface area (Å²) in [7, 11) is 0. The van der Waals surface area contributed by atoms with E-state index in [9.17, 15) is 9.70 Å². The van der Waals surface area contributed by atoms with E-state index < -0.39 is 6.04 Å². The molecule has 0 aromatic heterocycles. The molecule has 1 atom stereocenters. The molecule has 0 bridgehead atoms. The summed E-state index contributed by atoms with van der Waals surface area (Å²) in [6.45, 7) is 0.296. The number of halogens is 2. The summed E-state index contributed by atoms with van der Waals surface area (Å²) in [6, 6.07) is 4.60. The van der Waals surface area contributed by atoms with Crippen LogP contribution < -0.4 is 0 Å². The Morgan fingerprint density at radius 3 is 2.62 bits per heavy atom. The molecule has 1 saturated heterocycles. The van der Waals surface area contributed by atoms with E-state index in [1.807, 2.05) is 0 Å². The highest BCUT2D eigenvalue weighted by atomic mass is 35.5. The summed E-state index contributed by atoms with van der Waals surface area (Å²) < 4.78 is 0.838. The van der Waals surface area contributed by atoms with Crippen LogP contribution in [-0.4, -0.2) is 23.1 Å². The van der Waals surface area contributed by atoms with E-state index in [4.69, 9.17) is 23.2 Å². The van der Waals surface area contributed by atoms with E-state index in [0.717, 1.165) is 10.3 Å². The van der Waals surface area contributed by atoms with Crippen molar-refractivity contribution in [1.29, 1.82) is 0 Å². The van der Waals surface area contributed by atoms with Crippen molar-refractivity contribution in [2.45, 2.75) is 18.9 Å². The molecule has 1 heterocycles. The lowest BCUT2D eigenvalue weighted by Crippen LogP contribution is -2.25. The van der Waals surface area contributed by atoms with Crippen LogP contribution in [0.4, 0.5) is 0 Å². The molecular formula is C11H10Cl2NO2+. The Hall–Kier alpha value is -0.930. The van der Waals surface area contributed by atoms with Gasteiger partial charge in [0.2, 0.25) is 5.78 Å². The number of ketones is 1. The summed E-state index contributed by atoms with van der Waals surface area (Å²) >= 11 is 11.6. The predicted molar refractivity (Wildman–Crippen MR) is 62.1 cm³/mol. The van der Waals surface area contributed by atoms with Crippen LogP contribution in [0.15, 0.2) is 18.2 Å². The highest BCUT2D eigenvalue weighted by Gasteiger charge is 2.40. The Morgan fingerprint density at radius 2 is 2.06 bits per heavy atom. The first-order valence-electron chi connectivity index (χ1n) is 4.98.